The Morgan fingerprint density at radius 1 is 1.05 bits per heavy atom. The fourth-order valence-electron chi connectivity index (χ4n) is 1.86. The summed E-state index contributed by atoms with van der Waals surface area (Å²) in [5.74, 6) is -1.97. The number of esters is 3. The summed E-state index contributed by atoms with van der Waals surface area (Å²) in [5, 5.41) is 3.32. The van der Waals surface area contributed by atoms with Crippen LogP contribution in [0.1, 0.15) is 20.8 Å². The maximum absolute atomic E-state index is 11.1. The van der Waals surface area contributed by atoms with Crippen LogP contribution in [0.5, 0.6) is 0 Å². The van der Waals surface area contributed by atoms with Gasteiger partial charge in [-0.3, -0.25) is 14.4 Å². The van der Waals surface area contributed by atoms with Crippen molar-refractivity contribution in [1.29, 1.82) is 0 Å². The highest BCUT2D eigenvalue weighted by Crippen LogP contribution is 2.28. The summed E-state index contributed by atoms with van der Waals surface area (Å²) in [6.45, 7) is 3.28. The van der Waals surface area contributed by atoms with Crippen LogP contribution in [-0.2, 0) is 33.3 Å². The zero-order chi connectivity index (χ0) is 16.0. The SMILES string of the molecule is CC(=O)OC1O[C@H](CN=[N+]=[N-])C(OC(C)=O)C1OC(C)=O. The van der Waals surface area contributed by atoms with Gasteiger partial charge in [0.15, 0.2) is 6.10 Å². The smallest absolute Gasteiger partial charge is 0.305 e. The topological polar surface area (TPSA) is 137 Å². The van der Waals surface area contributed by atoms with E-state index in [1.807, 2.05) is 0 Å². The third-order valence-electron chi connectivity index (χ3n) is 2.48. The first-order valence-corrected chi connectivity index (χ1v) is 6.03. The van der Waals surface area contributed by atoms with Gasteiger partial charge >= 0.3 is 17.9 Å². The van der Waals surface area contributed by atoms with Gasteiger partial charge in [0.1, 0.15) is 6.10 Å². The maximum Gasteiger partial charge on any atom is 0.305 e. The summed E-state index contributed by atoms with van der Waals surface area (Å²) in [5.41, 5.74) is 8.34. The van der Waals surface area contributed by atoms with Crippen LogP contribution in [0.3, 0.4) is 0 Å². The van der Waals surface area contributed by atoms with Crippen molar-refractivity contribution in [2.24, 2.45) is 5.11 Å². The number of ether oxygens (including phenoxy) is 4. The molecular weight excluding hydrogens is 286 g/mol. The molecule has 4 atom stereocenters. The molecule has 1 heterocycles. The molecule has 1 rings (SSSR count). The van der Waals surface area contributed by atoms with Gasteiger partial charge in [-0.25, -0.2) is 0 Å². The molecule has 1 aliphatic rings. The Kier molecular flexibility index (Phi) is 5.94. The standard InChI is InChI=1S/C11H15N3O7/c1-5(15)18-9-8(4-13-14-12)21-11(20-7(3)17)10(9)19-6(2)16/h8-11H,4H2,1-3H3/t8-,9?,10?,11?/m1/s1. The Morgan fingerprint density at radius 3 is 2.05 bits per heavy atom. The van der Waals surface area contributed by atoms with Gasteiger partial charge in [0, 0.05) is 25.7 Å². The molecule has 10 nitrogen and oxygen atoms in total. The minimum absolute atomic E-state index is 0.177. The number of carbonyl (C=O) groups is 3. The lowest BCUT2D eigenvalue weighted by Crippen LogP contribution is -2.41. The predicted molar refractivity (Wildman–Crippen MR) is 65.5 cm³/mol. The van der Waals surface area contributed by atoms with E-state index in [0.29, 0.717) is 0 Å². The summed E-state index contributed by atoms with van der Waals surface area (Å²) in [6.07, 6.45) is -4.30. The van der Waals surface area contributed by atoms with Crippen molar-refractivity contribution < 1.29 is 33.3 Å². The van der Waals surface area contributed by atoms with Crippen LogP contribution in [0.25, 0.3) is 10.4 Å². The molecule has 0 radical (unpaired) electrons. The average molecular weight is 301 g/mol. The van der Waals surface area contributed by atoms with Crippen LogP contribution in [0.15, 0.2) is 5.11 Å². The van der Waals surface area contributed by atoms with Gasteiger partial charge in [-0.2, -0.15) is 0 Å². The minimum Gasteiger partial charge on any atom is -0.456 e. The van der Waals surface area contributed by atoms with E-state index in [9.17, 15) is 14.4 Å². The van der Waals surface area contributed by atoms with Gasteiger partial charge in [0.2, 0.25) is 12.4 Å². The minimum atomic E-state index is -1.24. The van der Waals surface area contributed by atoms with E-state index in [0.717, 1.165) is 20.8 Å². The fraction of sp³-hybridized carbons (Fsp3) is 0.727. The Labute approximate surface area is 119 Å². The molecule has 3 unspecified atom stereocenters. The highest BCUT2D eigenvalue weighted by molar-refractivity contribution is 5.68. The van der Waals surface area contributed by atoms with Gasteiger partial charge in [-0.05, 0) is 5.53 Å². The molecule has 1 fully saturated rings. The molecule has 0 saturated carbocycles. The van der Waals surface area contributed by atoms with Crippen molar-refractivity contribution in [2.45, 2.75) is 45.4 Å². The monoisotopic (exact) mass is 301 g/mol. The van der Waals surface area contributed by atoms with Crippen LogP contribution < -0.4 is 0 Å². The second kappa shape index (κ2) is 7.46. The number of hydrogen-bond acceptors (Lipinski definition) is 8. The number of carbonyl (C=O) groups excluding carboxylic acids is 3. The summed E-state index contributed by atoms with van der Waals surface area (Å²) in [6, 6.07) is 0. The summed E-state index contributed by atoms with van der Waals surface area (Å²) in [7, 11) is 0. The molecule has 10 heteroatoms. The molecule has 0 amide bonds. The van der Waals surface area contributed by atoms with Crippen LogP contribution in [0.2, 0.25) is 0 Å². The summed E-state index contributed by atoms with van der Waals surface area (Å²) in [4.78, 5) is 35.9. The summed E-state index contributed by atoms with van der Waals surface area (Å²) >= 11 is 0. The third kappa shape index (κ3) is 4.93. The molecule has 1 aliphatic heterocycles. The number of hydrogen-bond donors (Lipinski definition) is 0. The van der Waals surface area contributed by atoms with E-state index in [2.05, 4.69) is 10.0 Å². The lowest BCUT2D eigenvalue weighted by Gasteiger charge is -2.22. The Hall–Kier alpha value is -2.32. The highest BCUT2D eigenvalue weighted by Gasteiger charge is 2.50. The number of azide groups is 1. The lowest BCUT2D eigenvalue weighted by atomic mass is 10.1. The average Bonchev–Trinajstić information content (AvgIpc) is 2.63. The Balaban J connectivity index is 2.98. The van der Waals surface area contributed by atoms with Crippen molar-refractivity contribution in [2.75, 3.05) is 6.54 Å². The van der Waals surface area contributed by atoms with Crippen molar-refractivity contribution in [3.63, 3.8) is 0 Å². The normalized spacial score (nSPS) is 27.4. The second-order valence-electron chi connectivity index (χ2n) is 4.21. The van der Waals surface area contributed by atoms with Gasteiger partial charge in [0.25, 0.3) is 0 Å². The van der Waals surface area contributed by atoms with Crippen LogP contribution in [-0.4, -0.2) is 49.1 Å². The Morgan fingerprint density at radius 2 is 1.57 bits per heavy atom. The first-order valence-electron chi connectivity index (χ1n) is 6.03. The van der Waals surface area contributed by atoms with E-state index in [4.69, 9.17) is 24.5 Å². The molecule has 0 aromatic carbocycles. The van der Waals surface area contributed by atoms with Crippen molar-refractivity contribution in [3.05, 3.63) is 10.4 Å². The third-order valence-corrected chi connectivity index (χ3v) is 2.48. The zero-order valence-electron chi connectivity index (χ0n) is 11.7. The van der Waals surface area contributed by atoms with Crippen LogP contribution >= 0.6 is 0 Å². The Bertz CT molecular complexity index is 446. The molecule has 116 valence electrons. The molecule has 0 aliphatic carbocycles. The first kappa shape index (κ1) is 16.7. The molecule has 0 bridgehead atoms. The van der Waals surface area contributed by atoms with Gasteiger partial charge < -0.3 is 18.9 Å². The summed E-state index contributed by atoms with van der Waals surface area (Å²) < 4.78 is 20.2. The molecular formula is C11H15N3O7. The fourth-order valence-corrected chi connectivity index (χ4v) is 1.86. The predicted octanol–water partition coefficient (Wildman–Crippen LogP) is 0.448. The van der Waals surface area contributed by atoms with Gasteiger partial charge in [0.05, 0.1) is 6.54 Å². The molecule has 21 heavy (non-hydrogen) atoms. The van der Waals surface area contributed by atoms with Crippen molar-refractivity contribution in [3.8, 4) is 0 Å². The molecule has 0 N–H and O–H groups in total. The van der Waals surface area contributed by atoms with E-state index < -0.39 is 42.5 Å². The van der Waals surface area contributed by atoms with E-state index in [-0.39, 0.29) is 6.54 Å². The molecule has 0 spiro atoms. The van der Waals surface area contributed by atoms with E-state index in [1.165, 1.54) is 0 Å². The van der Waals surface area contributed by atoms with Crippen molar-refractivity contribution >= 4 is 17.9 Å². The van der Waals surface area contributed by atoms with E-state index >= 15 is 0 Å². The van der Waals surface area contributed by atoms with Crippen LogP contribution in [0, 0.1) is 0 Å². The van der Waals surface area contributed by atoms with Gasteiger partial charge in [-0.15, -0.1) is 0 Å². The second-order valence-corrected chi connectivity index (χ2v) is 4.21. The molecule has 1 saturated heterocycles. The molecule has 0 aromatic rings. The van der Waals surface area contributed by atoms with Crippen LogP contribution in [0.4, 0.5) is 0 Å². The van der Waals surface area contributed by atoms with E-state index in [1.54, 1.807) is 0 Å². The maximum atomic E-state index is 11.1. The number of rotatable bonds is 5. The number of nitrogens with zero attached hydrogens (tertiary/aromatic N) is 3. The largest absolute Gasteiger partial charge is 0.456 e. The zero-order valence-corrected chi connectivity index (χ0v) is 11.7. The quantitative estimate of drug-likeness (QED) is 0.236. The molecule has 0 aromatic heterocycles. The lowest BCUT2D eigenvalue weighted by molar-refractivity contribution is -0.195. The van der Waals surface area contributed by atoms with Gasteiger partial charge in [-0.1, -0.05) is 5.11 Å². The first-order chi connectivity index (χ1) is 9.85. The highest BCUT2D eigenvalue weighted by atomic mass is 16.7. The van der Waals surface area contributed by atoms with Crippen molar-refractivity contribution in [1.82, 2.24) is 0 Å².